The van der Waals surface area contributed by atoms with E-state index in [2.05, 4.69) is 0 Å². The van der Waals surface area contributed by atoms with Crippen molar-refractivity contribution in [3.8, 4) is 5.75 Å². The van der Waals surface area contributed by atoms with Gasteiger partial charge in [-0.25, -0.2) is 0 Å². The molecule has 0 saturated carbocycles. The highest BCUT2D eigenvalue weighted by atomic mass is 32.2. The molecule has 0 bridgehead atoms. The summed E-state index contributed by atoms with van der Waals surface area (Å²) in [7, 11) is -1.29. The van der Waals surface area contributed by atoms with E-state index in [1.807, 2.05) is 54.6 Å². The second kappa shape index (κ2) is 7.59. The Bertz CT molecular complexity index is 628. The lowest BCUT2D eigenvalue weighted by Crippen LogP contribution is -2.20. The zero-order chi connectivity index (χ0) is 15.1. The number of carbonyl (C=O) groups is 1. The molecule has 2 rings (SSSR count). The molecule has 0 fully saturated rings. The first-order valence-electron chi connectivity index (χ1n) is 6.53. The number of primary amides is 1. The van der Waals surface area contributed by atoms with Crippen molar-refractivity contribution >= 4 is 16.7 Å². The van der Waals surface area contributed by atoms with E-state index in [1.165, 1.54) is 0 Å². The largest absolute Gasteiger partial charge is 0.489 e. The van der Waals surface area contributed by atoms with E-state index in [4.69, 9.17) is 10.5 Å². The highest BCUT2D eigenvalue weighted by Gasteiger charge is 2.09. The minimum atomic E-state index is -1.29. The molecule has 4 nitrogen and oxygen atoms in total. The predicted molar refractivity (Wildman–Crippen MR) is 83.1 cm³/mol. The summed E-state index contributed by atoms with van der Waals surface area (Å²) >= 11 is 0. The molecule has 5 heteroatoms. The molecule has 0 aliphatic rings. The maximum Gasteiger partial charge on any atom is 0.230 e. The number of para-hydroxylation sites is 1. The van der Waals surface area contributed by atoms with Crippen molar-refractivity contribution in [2.45, 2.75) is 12.4 Å². The second-order valence-corrected chi connectivity index (χ2v) is 6.02. The summed E-state index contributed by atoms with van der Waals surface area (Å²) in [6, 6.07) is 17.1. The van der Waals surface area contributed by atoms with E-state index >= 15 is 0 Å². The van der Waals surface area contributed by atoms with Gasteiger partial charge in [0, 0.05) is 16.6 Å². The van der Waals surface area contributed by atoms with Gasteiger partial charge in [-0.05, 0) is 23.3 Å². The molecule has 0 aliphatic heterocycles. The van der Waals surface area contributed by atoms with Crippen molar-refractivity contribution in [1.82, 2.24) is 0 Å². The molecule has 0 aliphatic carbocycles. The highest BCUT2D eigenvalue weighted by molar-refractivity contribution is 7.84. The molecular weight excluding hydrogens is 286 g/mol. The van der Waals surface area contributed by atoms with E-state index in [0.29, 0.717) is 12.4 Å². The Kier molecular flexibility index (Phi) is 5.51. The van der Waals surface area contributed by atoms with Gasteiger partial charge in [-0.1, -0.05) is 42.5 Å². The summed E-state index contributed by atoms with van der Waals surface area (Å²) < 4.78 is 17.5. The summed E-state index contributed by atoms with van der Waals surface area (Å²) in [5.74, 6) is 0.419. The Morgan fingerprint density at radius 2 is 1.62 bits per heavy atom. The second-order valence-electron chi connectivity index (χ2n) is 4.57. The molecule has 2 N–H and O–H groups in total. The number of amides is 1. The molecule has 2 aromatic carbocycles. The van der Waals surface area contributed by atoms with Crippen LogP contribution in [-0.4, -0.2) is 15.9 Å². The van der Waals surface area contributed by atoms with E-state index in [0.717, 1.165) is 16.9 Å². The number of ether oxygens (including phenoxy) is 1. The van der Waals surface area contributed by atoms with Gasteiger partial charge in [0.25, 0.3) is 0 Å². The summed E-state index contributed by atoms with van der Waals surface area (Å²) in [5.41, 5.74) is 6.93. The van der Waals surface area contributed by atoms with Gasteiger partial charge >= 0.3 is 0 Å². The number of carbonyl (C=O) groups excluding carboxylic acids is 1. The molecule has 110 valence electrons. The quantitative estimate of drug-likeness (QED) is 0.850. The van der Waals surface area contributed by atoms with Crippen molar-refractivity contribution in [2.75, 3.05) is 5.75 Å². The fourth-order valence-electron chi connectivity index (χ4n) is 1.90. The first-order chi connectivity index (χ1) is 10.1. The third-order valence-electron chi connectivity index (χ3n) is 2.88. The maximum atomic E-state index is 11.8. The summed E-state index contributed by atoms with van der Waals surface area (Å²) in [6.45, 7) is 0.397. The summed E-state index contributed by atoms with van der Waals surface area (Å²) in [4.78, 5) is 10.8. The van der Waals surface area contributed by atoms with E-state index in [-0.39, 0.29) is 5.75 Å². The third-order valence-corrected chi connectivity index (χ3v) is 4.12. The molecule has 0 spiro atoms. The van der Waals surface area contributed by atoms with Crippen LogP contribution in [0.3, 0.4) is 0 Å². The Labute approximate surface area is 126 Å². The monoisotopic (exact) mass is 303 g/mol. The molecule has 2 aromatic rings. The summed E-state index contributed by atoms with van der Waals surface area (Å²) in [5, 5.41) is 0. The van der Waals surface area contributed by atoms with Crippen LogP contribution in [-0.2, 0) is 28.0 Å². The fourth-order valence-corrected chi connectivity index (χ4v) is 2.95. The first-order valence-corrected chi connectivity index (χ1v) is 8.02. The van der Waals surface area contributed by atoms with Crippen LogP contribution in [0.5, 0.6) is 5.75 Å². The zero-order valence-electron chi connectivity index (χ0n) is 11.5. The first kappa shape index (κ1) is 15.3. The van der Waals surface area contributed by atoms with Crippen molar-refractivity contribution in [3.05, 3.63) is 65.7 Å². The van der Waals surface area contributed by atoms with Crippen molar-refractivity contribution in [1.29, 1.82) is 0 Å². The lowest BCUT2D eigenvalue weighted by Gasteiger charge is -2.10. The maximum absolute atomic E-state index is 11.8. The zero-order valence-corrected chi connectivity index (χ0v) is 12.3. The van der Waals surface area contributed by atoms with Gasteiger partial charge in [-0.3, -0.25) is 9.00 Å². The molecule has 0 heterocycles. The Morgan fingerprint density at radius 1 is 1.00 bits per heavy atom. The van der Waals surface area contributed by atoms with Crippen molar-refractivity contribution < 1.29 is 13.7 Å². The van der Waals surface area contributed by atoms with Gasteiger partial charge in [0.05, 0.1) is 0 Å². The molecule has 21 heavy (non-hydrogen) atoms. The third kappa shape index (κ3) is 5.04. The van der Waals surface area contributed by atoms with Crippen LogP contribution in [0.15, 0.2) is 54.6 Å². The number of benzene rings is 2. The molecule has 1 amide bonds. The van der Waals surface area contributed by atoms with Crippen LogP contribution in [0, 0.1) is 0 Å². The van der Waals surface area contributed by atoms with Crippen LogP contribution >= 0.6 is 0 Å². The molecule has 0 radical (unpaired) electrons. The van der Waals surface area contributed by atoms with Gasteiger partial charge in [0.2, 0.25) is 5.91 Å². The van der Waals surface area contributed by atoms with Gasteiger partial charge < -0.3 is 10.5 Å². The van der Waals surface area contributed by atoms with Crippen LogP contribution in [0.25, 0.3) is 0 Å². The minimum Gasteiger partial charge on any atom is -0.489 e. The minimum absolute atomic E-state index is 0.117. The van der Waals surface area contributed by atoms with Gasteiger partial charge in [0.15, 0.2) is 0 Å². The Hall–Kier alpha value is -2.14. The van der Waals surface area contributed by atoms with Crippen LogP contribution in [0.1, 0.15) is 11.1 Å². The molecular formula is C16H17NO3S. The average molecular weight is 303 g/mol. The van der Waals surface area contributed by atoms with Gasteiger partial charge in [0.1, 0.15) is 18.1 Å². The molecule has 0 saturated heterocycles. The predicted octanol–water partition coefficient (Wildman–Crippen LogP) is 2.00. The lowest BCUT2D eigenvalue weighted by atomic mass is 10.1. The Morgan fingerprint density at radius 3 is 2.29 bits per heavy atom. The highest BCUT2D eigenvalue weighted by Crippen LogP contribution is 2.16. The van der Waals surface area contributed by atoms with Crippen LogP contribution in [0.4, 0.5) is 0 Å². The SMILES string of the molecule is NC(=O)C[S@@](=O)Cc1ccccc1COc1ccccc1. The van der Waals surface area contributed by atoms with Gasteiger partial charge in [-0.2, -0.15) is 0 Å². The fraction of sp³-hybridized carbons (Fsp3) is 0.188. The van der Waals surface area contributed by atoms with E-state index < -0.39 is 16.7 Å². The van der Waals surface area contributed by atoms with E-state index in [1.54, 1.807) is 0 Å². The van der Waals surface area contributed by atoms with Crippen molar-refractivity contribution in [2.24, 2.45) is 5.73 Å². The number of hydrogen-bond donors (Lipinski definition) is 1. The van der Waals surface area contributed by atoms with Crippen LogP contribution in [0.2, 0.25) is 0 Å². The topological polar surface area (TPSA) is 69.4 Å². The average Bonchev–Trinajstić information content (AvgIpc) is 2.46. The number of rotatable bonds is 7. The molecule has 0 aromatic heterocycles. The standard InChI is InChI=1S/C16H17NO3S/c17-16(18)12-21(19)11-14-7-5-4-6-13(14)10-20-15-8-2-1-3-9-15/h1-9H,10-12H2,(H2,17,18)/t21-/m0/s1. The smallest absolute Gasteiger partial charge is 0.230 e. The van der Waals surface area contributed by atoms with Gasteiger partial charge in [-0.15, -0.1) is 0 Å². The molecule has 1 atom stereocenters. The Balaban J connectivity index is 2.03. The number of nitrogens with two attached hydrogens (primary N) is 1. The van der Waals surface area contributed by atoms with E-state index in [9.17, 15) is 9.00 Å². The van der Waals surface area contributed by atoms with Crippen LogP contribution < -0.4 is 10.5 Å². The van der Waals surface area contributed by atoms with Crippen molar-refractivity contribution in [3.63, 3.8) is 0 Å². The summed E-state index contributed by atoms with van der Waals surface area (Å²) in [6.07, 6.45) is 0. The number of hydrogen-bond acceptors (Lipinski definition) is 3. The molecule has 0 unspecified atom stereocenters. The lowest BCUT2D eigenvalue weighted by molar-refractivity contribution is -0.115. The normalized spacial score (nSPS) is 11.8.